The van der Waals surface area contributed by atoms with Crippen molar-refractivity contribution in [1.82, 2.24) is 15.3 Å². The van der Waals surface area contributed by atoms with Crippen molar-refractivity contribution < 1.29 is 9.21 Å². The summed E-state index contributed by atoms with van der Waals surface area (Å²) < 4.78 is 5.73. The summed E-state index contributed by atoms with van der Waals surface area (Å²) in [6.45, 7) is 6.36. The molecule has 1 amide bonds. The molecule has 0 bridgehead atoms. The van der Waals surface area contributed by atoms with Crippen LogP contribution in [0.15, 0.2) is 41.1 Å². The molecule has 29 heavy (non-hydrogen) atoms. The zero-order valence-corrected chi connectivity index (χ0v) is 17.1. The van der Waals surface area contributed by atoms with Gasteiger partial charge in [-0.2, -0.15) is 0 Å². The SMILES string of the molecule is Cc1oc2ncnc(N3CCC(C(=O)NCCCc4ccccc4)CC3)c2c1C. The Balaban J connectivity index is 1.29. The van der Waals surface area contributed by atoms with E-state index in [0.717, 1.165) is 67.8 Å². The van der Waals surface area contributed by atoms with Gasteiger partial charge in [0.2, 0.25) is 11.6 Å². The average Bonchev–Trinajstić information content (AvgIpc) is 3.06. The number of piperidine rings is 1. The first-order valence-electron chi connectivity index (χ1n) is 10.4. The van der Waals surface area contributed by atoms with Gasteiger partial charge in [-0.25, -0.2) is 9.97 Å². The van der Waals surface area contributed by atoms with Gasteiger partial charge in [0.25, 0.3) is 0 Å². The lowest BCUT2D eigenvalue weighted by Crippen LogP contribution is -2.41. The van der Waals surface area contributed by atoms with Crippen molar-refractivity contribution in [1.29, 1.82) is 0 Å². The minimum Gasteiger partial charge on any atom is -0.443 e. The normalized spacial score (nSPS) is 15.0. The number of rotatable bonds is 6. The molecule has 0 radical (unpaired) electrons. The van der Waals surface area contributed by atoms with Crippen molar-refractivity contribution in [2.45, 2.75) is 39.5 Å². The second kappa shape index (κ2) is 8.64. The second-order valence-corrected chi connectivity index (χ2v) is 7.80. The predicted octanol–water partition coefficient (Wildman–Crippen LogP) is 3.81. The third-order valence-electron chi connectivity index (χ3n) is 5.89. The third kappa shape index (κ3) is 4.26. The molecule has 1 N–H and O–H groups in total. The number of fused-ring (bicyclic) bond motifs is 1. The molecule has 1 saturated heterocycles. The molecule has 0 aliphatic carbocycles. The molecule has 4 rings (SSSR count). The standard InChI is InChI=1S/C23H28N4O2/c1-16-17(2)29-23-20(16)21(25-15-26-23)27-13-10-19(11-14-27)22(28)24-12-6-9-18-7-4-3-5-8-18/h3-5,7-8,15,19H,6,9-14H2,1-2H3,(H,24,28). The Kier molecular flexibility index (Phi) is 5.79. The van der Waals surface area contributed by atoms with Gasteiger partial charge in [-0.05, 0) is 45.1 Å². The van der Waals surface area contributed by atoms with Gasteiger partial charge in [-0.15, -0.1) is 0 Å². The van der Waals surface area contributed by atoms with E-state index in [9.17, 15) is 4.79 Å². The van der Waals surface area contributed by atoms with Crippen LogP contribution in [0, 0.1) is 19.8 Å². The van der Waals surface area contributed by atoms with Crippen molar-refractivity contribution in [3.63, 3.8) is 0 Å². The molecule has 3 heterocycles. The van der Waals surface area contributed by atoms with Crippen LogP contribution >= 0.6 is 0 Å². The van der Waals surface area contributed by atoms with E-state index in [-0.39, 0.29) is 11.8 Å². The van der Waals surface area contributed by atoms with Crippen LogP contribution in [0.4, 0.5) is 5.82 Å². The zero-order chi connectivity index (χ0) is 20.2. The zero-order valence-electron chi connectivity index (χ0n) is 17.1. The highest BCUT2D eigenvalue weighted by molar-refractivity contribution is 5.90. The Hall–Kier alpha value is -2.89. The van der Waals surface area contributed by atoms with Gasteiger partial charge in [-0.3, -0.25) is 4.79 Å². The maximum Gasteiger partial charge on any atom is 0.231 e. The third-order valence-corrected chi connectivity index (χ3v) is 5.89. The van der Waals surface area contributed by atoms with Gasteiger partial charge in [0.05, 0.1) is 5.39 Å². The number of aromatic nitrogens is 2. The molecular weight excluding hydrogens is 364 g/mol. The summed E-state index contributed by atoms with van der Waals surface area (Å²) >= 11 is 0. The molecule has 152 valence electrons. The highest BCUT2D eigenvalue weighted by Gasteiger charge is 2.27. The first kappa shape index (κ1) is 19.4. The lowest BCUT2D eigenvalue weighted by molar-refractivity contribution is -0.125. The van der Waals surface area contributed by atoms with Crippen molar-refractivity contribution in [3.05, 3.63) is 53.5 Å². The van der Waals surface area contributed by atoms with Gasteiger partial charge in [0.15, 0.2) is 0 Å². The van der Waals surface area contributed by atoms with E-state index in [1.165, 1.54) is 5.56 Å². The molecule has 1 aromatic carbocycles. The summed E-state index contributed by atoms with van der Waals surface area (Å²) in [5.41, 5.74) is 3.05. The predicted molar refractivity (Wildman–Crippen MR) is 114 cm³/mol. The van der Waals surface area contributed by atoms with Gasteiger partial charge in [0.1, 0.15) is 17.9 Å². The minimum atomic E-state index is 0.0764. The van der Waals surface area contributed by atoms with Crippen LogP contribution in [0.3, 0.4) is 0 Å². The van der Waals surface area contributed by atoms with Gasteiger partial charge >= 0.3 is 0 Å². The molecule has 0 spiro atoms. The number of furan rings is 1. The molecule has 0 saturated carbocycles. The van der Waals surface area contributed by atoms with Crippen LogP contribution in [-0.2, 0) is 11.2 Å². The quantitative estimate of drug-likeness (QED) is 0.646. The molecule has 1 aliphatic heterocycles. The number of hydrogen-bond acceptors (Lipinski definition) is 5. The van der Waals surface area contributed by atoms with Crippen molar-refractivity contribution in [3.8, 4) is 0 Å². The first-order valence-corrected chi connectivity index (χ1v) is 10.4. The first-order chi connectivity index (χ1) is 14.1. The van der Waals surface area contributed by atoms with E-state index in [1.54, 1.807) is 6.33 Å². The molecule has 0 unspecified atom stereocenters. The fourth-order valence-electron chi connectivity index (χ4n) is 4.05. The summed E-state index contributed by atoms with van der Waals surface area (Å²) in [7, 11) is 0. The summed E-state index contributed by atoms with van der Waals surface area (Å²) in [4.78, 5) is 23.6. The molecule has 1 aliphatic rings. The fraction of sp³-hybridized carbons (Fsp3) is 0.435. The molecule has 6 nitrogen and oxygen atoms in total. The van der Waals surface area contributed by atoms with E-state index >= 15 is 0 Å². The van der Waals surface area contributed by atoms with E-state index in [2.05, 4.69) is 44.5 Å². The largest absolute Gasteiger partial charge is 0.443 e. The Labute approximate surface area is 171 Å². The minimum absolute atomic E-state index is 0.0764. The van der Waals surface area contributed by atoms with Crippen LogP contribution in [0.5, 0.6) is 0 Å². The molecule has 6 heteroatoms. The van der Waals surface area contributed by atoms with Crippen molar-refractivity contribution in [2.75, 3.05) is 24.5 Å². The van der Waals surface area contributed by atoms with Crippen LogP contribution in [-0.4, -0.2) is 35.5 Å². The fourth-order valence-corrected chi connectivity index (χ4v) is 4.05. The number of amides is 1. The Morgan fingerprint density at radius 1 is 1.17 bits per heavy atom. The van der Waals surface area contributed by atoms with E-state index in [1.807, 2.05) is 19.9 Å². The van der Waals surface area contributed by atoms with Crippen LogP contribution in [0.1, 0.15) is 36.1 Å². The van der Waals surface area contributed by atoms with E-state index < -0.39 is 0 Å². The molecule has 1 fully saturated rings. The van der Waals surface area contributed by atoms with Crippen LogP contribution in [0.25, 0.3) is 11.1 Å². The Morgan fingerprint density at radius 3 is 2.69 bits per heavy atom. The average molecular weight is 393 g/mol. The highest BCUT2D eigenvalue weighted by Crippen LogP contribution is 2.32. The molecular formula is C23H28N4O2. The number of hydrogen-bond donors (Lipinski definition) is 1. The summed E-state index contributed by atoms with van der Waals surface area (Å²) in [6.07, 6.45) is 5.20. The van der Waals surface area contributed by atoms with Crippen molar-refractivity contribution >= 4 is 22.8 Å². The van der Waals surface area contributed by atoms with Crippen molar-refractivity contribution in [2.24, 2.45) is 5.92 Å². The maximum atomic E-state index is 12.6. The summed E-state index contributed by atoms with van der Waals surface area (Å²) in [5.74, 6) is 2.06. The number of anilines is 1. The summed E-state index contributed by atoms with van der Waals surface area (Å²) in [5, 5.41) is 4.12. The van der Waals surface area contributed by atoms with Gasteiger partial charge in [-0.1, -0.05) is 30.3 Å². The highest BCUT2D eigenvalue weighted by atomic mass is 16.3. The number of benzene rings is 1. The second-order valence-electron chi connectivity index (χ2n) is 7.80. The Bertz CT molecular complexity index is 975. The number of aryl methyl sites for hydroxylation is 3. The number of carbonyl (C=O) groups is 1. The molecule has 2 aromatic heterocycles. The summed E-state index contributed by atoms with van der Waals surface area (Å²) in [6, 6.07) is 10.4. The molecule has 3 aromatic rings. The lowest BCUT2D eigenvalue weighted by Gasteiger charge is -2.32. The van der Waals surface area contributed by atoms with Gasteiger partial charge < -0.3 is 14.6 Å². The van der Waals surface area contributed by atoms with Crippen LogP contribution in [0.2, 0.25) is 0 Å². The van der Waals surface area contributed by atoms with Crippen LogP contribution < -0.4 is 10.2 Å². The number of nitrogens with one attached hydrogen (secondary N) is 1. The number of nitrogens with zero attached hydrogens (tertiary/aromatic N) is 3. The Morgan fingerprint density at radius 2 is 1.93 bits per heavy atom. The van der Waals surface area contributed by atoms with Gasteiger partial charge in [0, 0.05) is 31.1 Å². The van der Waals surface area contributed by atoms with E-state index in [0.29, 0.717) is 5.71 Å². The van der Waals surface area contributed by atoms with E-state index in [4.69, 9.17) is 4.42 Å². The topological polar surface area (TPSA) is 71.3 Å². The maximum absolute atomic E-state index is 12.6. The lowest BCUT2D eigenvalue weighted by atomic mass is 9.95. The number of carbonyl (C=O) groups excluding carboxylic acids is 1. The smallest absolute Gasteiger partial charge is 0.231 e. The molecule has 0 atom stereocenters. The monoisotopic (exact) mass is 392 g/mol.